The third kappa shape index (κ3) is 40.0. The molecule has 0 bridgehead atoms. The van der Waals surface area contributed by atoms with E-state index in [4.69, 9.17) is 14.2 Å². The Hall–Kier alpha value is -3.23. The Morgan fingerprint density at radius 1 is 0.525 bits per heavy atom. The summed E-state index contributed by atoms with van der Waals surface area (Å²) in [6, 6.07) is -0.732. The summed E-state index contributed by atoms with van der Waals surface area (Å²) in [5, 5.41) is 11.6. The SMILES string of the molecule is CC/C=C\C/C=C\C/C=C\C/C=C\CCCCCCCCCCC(=O)OC(COCCC(C(=O)[O-])[N+](C)(C)C)COC(=O)CCCCCCC/C=C\C/C=C\CCCC. The van der Waals surface area contributed by atoms with Gasteiger partial charge in [-0.25, -0.2) is 0 Å². The van der Waals surface area contributed by atoms with Crippen molar-refractivity contribution >= 4 is 17.9 Å². The first-order valence-corrected chi connectivity index (χ1v) is 23.5. The minimum Gasteiger partial charge on any atom is -0.544 e. The molecule has 0 rings (SSSR count). The van der Waals surface area contributed by atoms with Crippen LogP contribution in [0.15, 0.2) is 72.9 Å². The van der Waals surface area contributed by atoms with Crippen LogP contribution in [-0.2, 0) is 28.6 Å². The van der Waals surface area contributed by atoms with E-state index < -0.39 is 18.1 Å². The highest BCUT2D eigenvalue weighted by molar-refractivity contribution is 5.70. The van der Waals surface area contributed by atoms with E-state index in [0.717, 1.165) is 96.3 Å². The van der Waals surface area contributed by atoms with Crippen molar-refractivity contribution in [2.24, 2.45) is 0 Å². The number of carboxylic acids is 1. The highest BCUT2D eigenvalue weighted by Gasteiger charge is 2.25. The van der Waals surface area contributed by atoms with E-state index in [1.165, 1.54) is 51.4 Å². The molecule has 59 heavy (non-hydrogen) atoms. The van der Waals surface area contributed by atoms with Crippen LogP contribution in [-0.4, -0.2) is 75.5 Å². The van der Waals surface area contributed by atoms with Gasteiger partial charge in [-0.2, -0.15) is 0 Å². The molecule has 0 saturated heterocycles. The number of likely N-dealkylation sites (N-methyl/N-ethyl adjacent to an activating group) is 1. The van der Waals surface area contributed by atoms with Gasteiger partial charge in [-0.15, -0.1) is 0 Å². The van der Waals surface area contributed by atoms with E-state index in [9.17, 15) is 19.5 Å². The average molecular weight is 826 g/mol. The molecule has 2 atom stereocenters. The second-order valence-electron chi connectivity index (χ2n) is 16.6. The molecule has 0 radical (unpaired) electrons. The summed E-state index contributed by atoms with van der Waals surface area (Å²) in [6.07, 6.45) is 52.1. The summed E-state index contributed by atoms with van der Waals surface area (Å²) in [5.74, 6) is -1.77. The van der Waals surface area contributed by atoms with E-state index in [1.54, 1.807) is 21.1 Å². The molecule has 0 amide bonds. The number of carbonyl (C=O) groups is 3. The fraction of sp³-hybridized carbons (Fsp3) is 0.706. The summed E-state index contributed by atoms with van der Waals surface area (Å²) in [4.78, 5) is 36.9. The maximum atomic E-state index is 12.8. The quantitative estimate of drug-likeness (QED) is 0.0262. The second-order valence-corrected chi connectivity index (χ2v) is 16.6. The van der Waals surface area contributed by atoms with Crippen LogP contribution in [0.5, 0.6) is 0 Å². The molecule has 0 aliphatic rings. The summed E-state index contributed by atoms with van der Waals surface area (Å²) >= 11 is 0. The first-order chi connectivity index (χ1) is 28.6. The molecule has 8 nitrogen and oxygen atoms in total. The monoisotopic (exact) mass is 826 g/mol. The third-order valence-electron chi connectivity index (χ3n) is 10.1. The predicted molar refractivity (Wildman–Crippen MR) is 245 cm³/mol. The van der Waals surface area contributed by atoms with Gasteiger partial charge in [-0.3, -0.25) is 9.59 Å². The van der Waals surface area contributed by atoms with Crippen molar-refractivity contribution in [1.29, 1.82) is 0 Å². The third-order valence-corrected chi connectivity index (χ3v) is 10.1. The second kappa shape index (κ2) is 41.5. The number of nitrogens with zero attached hydrogens (tertiary/aromatic N) is 1. The number of aliphatic carboxylic acids is 1. The fourth-order valence-electron chi connectivity index (χ4n) is 6.43. The normalized spacial score (nSPS) is 13.6. The molecule has 0 fully saturated rings. The van der Waals surface area contributed by atoms with Crippen LogP contribution in [0.2, 0.25) is 0 Å². The van der Waals surface area contributed by atoms with Gasteiger partial charge in [0.15, 0.2) is 6.10 Å². The van der Waals surface area contributed by atoms with Gasteiger partial charge in [0.2, 0.25) is 0 Å². The number of hydrogen-bond acceptors (Lipinski definition) is 7. The van der Waals surface area contributed by atoms with Crippen molar-refractivity contribution in [3.8, 4) is 0 Å². The lowest BCUT2D eigenvalue weighted by atomic mass is 10.1. The molecule has 0 N–H and O–H groups in total. The van der Waals surface area contributed by atoms with Gasteiger partial charge in [0.25, 0.3) is 0 Å². The van der Waals surface area contributed by atoms with Gasteiger partial charge in [-0.05, 0) is 77.0 Å². The average Bonchev–Trinajstić information content (AvgIpc) is 3.19. The van der Waals surface area contributed by atoms with Crippen molar-refractivity contribution in [1.82, 2.24) is 0 Å². The van der Waals surface area contributed by atoms with Crippen molar-refractivity contribution in [3.63, 3.8) is 0 Å². The minimum atomic E-state index is -1.13. The van der Waals surface area contributed by atoms with Crippen LogP contribution in [0.4, 0.5) is 0 Å². The summed E-state index contributed by atoms with van der Waals surface area (Å²) in [7, 11) is 5.40. The van der Waals surface area contributed by atoms with Gasteiger partial charge >= 0.3 is 11.9 Å². The number of esters is 2. The lowest BCUT2D eigenvalue weighted by Crippen LogP contribution is -2.55. The maximum Gasteiger partial charge on any atom is 0.306 e. The van der Waals surface area contributed by atoms with Crippen LogP contribution < -0.4 is 5.11 Å². The number of quaternary nitrogens is 1. The lowest BCUT2D eigenvalue weighted by Gasteiger charge is -2.34. The smallest absolute Gasteiger partial charge is 0.306 e. The molecule has 0 aromatic carbocycles. The molecular weight excluding hydrogens is 739 g/mol. The van der Waals surface area contributed by atoms with Gasteiger partial charge in [-0.1, -0.05) is 157 Å². The van der Waals surface area contributed by atoms with E-state index in [2.05, 4.69) is 86.8 Å². The summed E-state index contributed by atoms with van der Waals surface area (Å²) in [5.41, 5.74) is 0. The van der Waals surface area contributed by atoms with Crippen LogP contribution >= 0.6 is 0 Å². The Morgan fingerprint density at radius 3 is 1.41 bits per heavy atom. The number of ether oxygens (including phenoxy) is 3. The van der Waals surface area contributed by atoms with Gasteiger partial charge in [0.05, 0.1) is 40.3 Å². The van der Waals surface area contributed by atoms with Crippen molar-refractivity contribution < 1.29 is 38.2 Å². The van der Waals surface area contributed by atoms with Crippen LogP contribution in [0.1, 0.15) is 181 Å². The number of allylic oxidation sites excluding steroid dienone is 12. The number of hydrogen-bond donors (Lipinski definition) is 0. The first-order valence-electron chi connectivity index (χ1n) is 23.5. The standard InChI is InChI=1S/C51H87NO7/c1-6-8-10-12-14-16-18-20-22-23-24-25-26-27-28-30-32-34-36-38-40-42-50(54)59-47(45-57-44-43-48(51(55)56)52(3,4)5)46-58-49(53)41-39-37-35-33-31-29-21-19-17-15-13-11-9-7-2/h8,10,13-16,19-22,24-25,47-48H,6-7,9,11-12,17-18,23,26-46H2,1-5H3/b10-8-,15-13-,16-14-,21-19-,22-20-,25-24-. The number of carbonyl (C=O) groups excluding carboxylic acids is 3. The zero-order chi connectivity index (χ0) is 43.5. The van der Waals surface area contributed by atoms with Crippen molar-refractivity contribution in [2.75, 3.05) is 41.0 Å². The van der Waals surface area contributed by atoms with Crippen molar-refractivity contribution in [2.45, 2.75) is 193 Å². The van der Waals surface area contributed by atoms with Gasteiger partial charge in [0, 0.05) is 19.3 Å². The largest absolute Gasteiger partial charge is 0.544 e. The number of rotatable bonds is 41. The van der Waals surface area contributed by atoms with E-state index in [-0.39, 0.29) is 42.7 Å². The first kappa shape index (κ1) is 55.8. The predicted octanol–water partition coefficient (Wildman–Crippen LogP) is 11.8. The zero-order valence-corrected chi connectivity index (χ0v) is 38.4. The highest BCUT2D eigenvalue weighted by Crippen LogP contribution is 2.14. The Kier molecular flexibility index (Phi) is 39.2. The lowest BCUT2D eigenvalue weighted by molar-refractivity contribution is -0.889. The van der Waals surface area contributed by atoms with Crippen LogP contribution in [0, 0.1) is 0 Å². The molecule has 0 saturated carbocycles. The molecule has 0 aromatic heterocycles. The van der Waals surface area contributed by atoms with Gasteiger partial charge < -0.3 is 28.6 Å². The molecule has 0 heterocycles. The van der Waals surface area contributed by atoms with Gasteiger partial charge in [0.1, 0.15) is 12.6 Å². The van der Waals surface area contributed by atoms with Crippen LogP contribution in [0.3, 0.4) is 0 Å². The maximum absolute atomic E-state index is 12.8. The summed E-state index contributed by atoms with van der Waals surface area (Å²) < 4.78 is 17.2. The minimum absolute atomic E-state index is 0.0296. The molecule has 2 unspecified atom stereocenters. The van der Waals surface area contributed by atoms with E-state index in [0.29, 0.717) is 12.8 Å². The van der Waals surface area contributed by atoms with E-state index >= 15 is 0 Å². The van der Waals surface area contributed by atoms with Crippen LogP contribution in [0.25, 0.3) is 0 Å². The Bertz CT molecular complexity index is 1190. The Balaban J connectivity index is 4.33. The molecule has 0 aliphatic carbocycles. The Labute approximate surface area is 361 Å². The summed E-state index contributed by atoms with van der Waals surface area (Å²) in [6.45, 7) is 4.48. The molecule has 338 valence electrons. The Morgan fingerprint density at radius 2 is 0.949 bits per heavy atom. The number of carboxylic acid groups (broad SMARTS) is 1. The topological polar surface area (TPSA) is 102 Å². The van der Waals surface area contributed by atoms with E-state index in [1.807, 2.05) is 0 Å². The number of unbranched alkanes of at least 4 members (excludes halogenated alkanes) is 15. The molecule has 8 heteroatoms. The fourth-order valence-corrected chi connectivity index (χ4v) is 6.43. The highest BCUT2D eigenvalue weighted by atomic mass is 16.6. The zero-order valence-electron chi connectivity index (χ0n) is 38.4. The molecule has 0 aromatic rings. The van der Waals surface area contributed by atoms with Crippen molar-refractivity contribution in [3.05, 3.63) is 72.9 Å². The molecule has 0 aliphatic heterocycles. The molecule has 0 spiro atoms. The molecular formula is C51H87NO7.